The van der Waals surface area contributed by atoms with Crippen LogP contribution < -0.4 is 16.0 Å². The molecule has 12 heteroatoms. The van der Waals surface area contributed by atoms with Crippen molar-refractivity contribution >= 4 is 47.0 Å². The van der Waals surface area contributed by atoms with Gasteiger partial charge in [0.25, 0.3) is 11.8 Å². The van der Waals surface area contributed by atoms with Crippen molar-refractivity contribution in [3.05, 3.63) is 130 Å². The van der Waals surface area contributed by atoms with E-state index in [1.165, 1.54) is 36.0 Å². The molecule has 3 N–H and O–H groups in total. The molecular weight excluding hydrogens is 725 g/mol. The number of thioether (sulfide) groups is 1. The summed E-state index contributed by atoms with van der Waals surface area (Å²) in [6.45, 7) is 8.71. The predicted octanol–water partition coefficient (Wildman–Crippen LogP) is 8.94. The topological polar surface area (TPSA) is 123 Å². The number of aryl methyl sites for hydroxylation is 4. The molecule has 0 aromatic heterocycles. The van der Waals surface area contributed by atoms with Crippen molar-refractivity contribution in [3.63, 3.8) is 0 Å². The van der Waals surface area contributed by atoms with Crippen molar-refractivity contribution in [3.8, 4) is 0 Å². The summed E-state index contributed by atoms with van der Waals surface area (Å²) in [4.78, 5) is 53.6. The molecule has 292 valence electrons. The van der Waals surface area contributed by atoms with E-state index in [0.29, 0.717) is 60.4 Å². The van der Waals surface area contributed by atoms with Crippen molar-refractivity contribution in [2.24, 2.45) is 0 Å². The van der Waals surface area contributed by atoms with Gasteiger partial charge in [-0.05, 0) is 150 Å². The number of ether oxygens (including phenoxy) is 2. The number of benzene rings is 4. The molecule has 0 unspecified atom stereocenters. The Balaban J connectivity index is 1.66. The van der Waals surface area contributed by atoms with Crippen LogP contribution in [0.1, 0.15) is 84.0 Å². The Labute approximate surface area is 326 Å². The number of esters is 1. The smallest absolute Gasteiger partial charge is 0.412 e. The second kappa shape index (κ2) is 19.9. The van der Waals surface area contributed by atoms with Gasteiger partial charge in [0.1, 0.15) is 23.3 Å². The van der Waals surface area contributed by atoms with Crippen LogP contribution in [0.4, 0.5) is 25.0 Å². The van der Waals surface area contributed by atoms with Gasteiger partial charge >= 0.3 is 12.1 Å². The Morgan fingerprint density at radius 2 is 1.18 bits per heavy atom. The van der Waals surface area contributed by atoms with Crippen LogP contribution in [0.25, 0.3) is 0 Å². The van der Waals surface area contributed by atoms with Gasteiger partial charge < -0.3 is 20.1 Å². The van der Waals surface area contributed by atoms with E-state index in [9.17, 15) is 28.0 Å². The van der Waals surface area contributed by atoms with E-state index in [1.807, 2.05) is 6.26 Å². The molecule has 0 bridgehead atoms. The Morgan fingerprint density at radius 1 is 0.691 bits per heavy atom. The average Bonchev–Trinajstić information content (AvgIpc) is 3.12. The largest absolute Gasteiger partial charge is 0.461 e. The van der Waals surface area contributed by atoms with E-state index in [2.05, 4.69) is 16.0 Å². The zero-order valence-electron chi connectivity index (χ0n) is 32.1. The highest BCUT2D eigenvalue weighted by Crippen LogP contribution is 2.24. The lowest BCUT2D eigenvalue weighted by Gasteiger charge is -2.21. The molecule has 0 saturated carbocycles. The lowest BCUT2D eigenvalue weighted by molar-refractivity contribution is -0.149. The van der Waals surface area contributed by atoms with Crippen LogP contribution in [0.15, 0.2) is 84.9 Å². The molecule has 0 radical (unpaired) electrons. The predicted molar refractivity (Wildman–Crippen MR) is 214 cm³/mol. The number of hydrogen-bond donors (Lipinski definition) is 3. The molecule has 3 amide bonds. The van der Waals surface area contributed by atoms with Gasteiger partial charge in [0, 0.05) is 22.5 Å². The summed E-state index contributed by atoms with van der Waals surface area (Å²) in [5, 5.41) is 8.45. The van der Waals surface area contributed by atoms with Crippen LogP contribution in [0, 0.1) is 11.6 Å². The molecule has 55 heavy (non-hydrogen) atoms. The zero-order chi connectivity index (χ0) is 40.1. The van der Waals surface area contributed by atoms with Crippen molar-refractivity contribution in [2.75, 3.05) is 22.6 Å². The van der Waals surface area contributed by atoms with Gasteiger partial charge in [0.05, 0.1) is 6.10 Å². The van der Waals surface area contributed by atoms with Gasteiger partial charge in [0.15, 0.2) is 0 Å². The molecule has 0 aliphatic rings. The van der Waals surface area contributed by atoms with Crippen LogP contribution in [-0.2, 0) is 40.0 Å². The third-order valence-corrected chi connectivity index (χ3v) is 9.00. The first kappa shape index (κ1) is 42.5. The minimum Gasteiger partial charge on any atom is -0.461 e. The lowest BCUT2D eigenvalue weighted by Crippen LogP contribution is -2.43. The maximum atomic E-state index is 14.1. The lowest BCUT2D eigenvalue weighted by atomic mass is 9.97. The number of hydrogen-bond acceptors (Lipinski definition) is 7. The molecule has 0 spiro atoms. The highest BCUT2D eigenvalue weighted by molar-refractivity contribution is 7.98. The van der Waals surface area contributed by atoms with Gasteiger partial charge in [-0.15, -0.1) is 0 Å². The Kier molecular flexibility index (Phi) is 15.4. The van der Waals surface area contributed by atoms with Gasteiger partial charge in [-0.2, -0.15) is 11.8 Å². The normalized spacial score (nSPS) is 11.8. The van der Waals surface area contributed by atoms with Crippen LogP contribution in [0.3, 0.4) is 0 Å². The average molecular weight is 774 g/mol. The van der Waals surface area contributed by atoms with Crippen LogP contribution >= 0.6 is 11.8 Å². The number of anilines is 2. The van der Waals surface area contributed by atoms with Crippen LogP contribution in [0.5, 0.6) is 0 Å². The molecule has 4 rings (SSSR count). The number of rotatable bonds is 16. The monoisotopic (exact) mass is 773 g/mol. The molecular formula is C43H49F2N3O6S. The van der Waals surface area contributed by atoms with Gasteiger partial charge in [-0.25, -0.2) is 18.4 Å². The summed E-state index contributed by atoms with van der Waals surface area (Å²) in [7, 11) is 0. The molecule has 0 aliphatic heterocycles. The molecule has 0 fully saturated rings. The number of carbonyl (C=O) groups is 4. The van der Waals surface area contributed by atoms with Gasteiger partial charge in [-0.1, -0.05) is 36.4 Å². The third-order valence-electron chi connectivity index (χ3n) is 8.36. The summed E-state index contributed by atoms with van der Waals surface area (Å²) in [5.74, 6) is -1.63. The van der Waals surface area contributed by atoms with Crippen LogP contribution in [0.2, 0.25) is 0 Å². The second-order valence-corrected chi connectivity index (χ2v) is 15.4. The number of nitrogens with one attached hydrogen (secondary N) is 3. The Bertz CT molecular complexity index is 1950. The van der Waals surface area contributed by atoms with E-state index in [0.717, 1.165) is 11.1 Å². The molecule has 0 aliphatic carbocycles. The highest BCUT2D eigenvalue weighted by Gasteiger charge is 2.25. The van der Waals surface area contributed by atoms with E-state index in [-0.39, 0.29) is 28.9 Å². The Hall–Kier alpha value is -5.23. The fourth-order valence-corrected chi connectivity index (χ4v) is 6.15. The minimum atomic E-state index is -0.894. The van der Waals surface area contributed by atoms with Crippen molar-refractivity contribution in [1.29, 1.82) is 0 Å². The highest BCUT2D eigenvalue weighted by atomic mass is 32.2. The standard InChI is InChI=1S/C43H49F2N3O6S/c1-27(2)53-41(51)38(23-24-55-6)48-40(50)37-25-34(21-15-31(37)14-8-29-11-19-33(45)20-12-29)46-39(49)36-26-35(47-42(52)54-43(3,4)5)22-16-30(36)13-7-28-9-17-32(44)18-10-28/h9-12,15-22,25-27,38H,7-8,13-14,23-24H2,1-6H3,(H,46,49)(H,47,52)(H,48,50)/t38-/m0/s1. The summed E-state index contributed by atoms with van der Waals surface area (Å²) in [6, 6.07) is 21.3. The van der Waals surface area contributed by atoms with E-state index in [4.69, 9.17) is 9.47 Å². The number of amides is 3. The van der Waals surface area contributed by atoms with Gasteiger partial charge in [0.2, 0.25) is 0 Å². The molecule has 4 aromatic carbocycles. The van der Waals surface area contributed by atoms with E-state index in [1.54, 1.807) is 95.3 Å². The first-order valence-electron chi connectivity index (χ1n) is 18.2. The fraction of sp³-hybridized carbons (Fsp3) is 0.349. The first-order chi connectivity index (χ1) is 26.1. The summed E-state index contributed by atoms with van der Waals surface area (Å²) < 4.78 is 38.0. The molecule has 0 saturated heterocycles. The maximum absolute atomic E-state index is 14.1. The first-order valence-corrected chi connectivity index (χ1v) is 19.6. The van der Waals surface area contributed by atoms with Crippen molar-refractivity contribution < 1.29 is 37.4 Å². The minimum absolute atomic E-state index is 0.253. The summed E-state index contributed by atoms with van der Waals surface area (Å²) >= 11 is 1.54. The van der Waals surface area contributed by atoms with Crippen molar-refractivity contribution in [1.82, 2.24) is 5.32 Å². The quantitative estimate of drug-likeness (QED) is 0.0973. The second-order valence-electron chi connectivity index (χ2n) is 14.4. The van der Waals surface area contributed by atoms with E-state index >= 15 is 0 Å². The molecule has 4 aromatic rings. The molecule has 9 nitrogen and oxygen atoms in total. The number of halogens is 2. The summed E-state index contributed by atoms with van der Waals surface area (Å²) in [5.41, 5.74) is 3.53. The Morgan fingerprint density at radius 3 is 1.65 bits per heavy atom. The zero-order valence-corrected chi connectivity index (χ0v) is 32.9. The SMILES string of the molecule is CSCC[C@H](NC(=O)c1cc(NC(=O)c2cc(NC(=O)OC(C)(C)C)ccc2CCc2ccc(F)cc2)ccc1CCc1ccc(F)cc1)C(=O)OC(C)C. The van der Waals surface area contributed by atoms with Crippen LogP contribution in [-0.4, -0.2) is 53.6 Å². The molecule has 0 heterocycles. The fourth-order valence-electron chi connectivity index (χ4n) is 5.68. The van der Waals surface area contributed by atoms with Crippen molar-refractivity contribution in [2.45, 2.75) is 84.5 Å². The van der Waals surface area contributed by atoms with E-state index < -0.39 is 35.5 Å². The van der Waals surface area contributed by atoms with Gasteiger partial charge in [-0.3, -0.25) is 14.9 Å². The third kappa shape index (κ3) is 13.8. The molecule has 1 atom stereocenters. The number of carbonyl (C=O) groups excluding carboxylic acids is 4. The summed E-state index contributed by atoms with van der Waals surface area (Å²) in [6.07, 6.45) is 3.08. The maximum Gasteiger partial charge on any atom is 0.412 e.